The maximum Gasteiger partial charge on any atom is 0.242 e. The fourth-order valence-corrected chi connectivity index (χ4v) is 2.06. The summed E-state index contributed by atoms with van der Waals surface area (Å²) >= 11 is 0. The van der Waals surface area contributed by atoms with Crippen LogP contribution in [0.5, 0.6) is 0 Å². The van der Waals surface area contributed by atoms with Gasteiger partial charge in [0, 0.05) is 15.2 Å². The highest BCUT2D eigenvalue weighted by Gasteiger charge is 2.26. The minimum atomic E-state index is -3.82. The molecular weight excluding hydrogens is 195 g/mol. The molecule has 0 aromatic heterocycles. The lowest BCUT2D eigenvalue weighted by molar-refractivity contribution is -0.0852. The van der Waals surface area contributed by atoms with Crippen molar-refractivity contribution in [3.63, 3.8) is 0 Å². The van der Waals surface area contributed by atoms with Gasteiger partial charge in [0.15, 0.2) is 5.76 Å². The van der Waals surface area contributed by atoms with E-state index in [-0.39, 0.29) is 6.42 Å². The topological polar surface area (TPSA) is 43.4 Å². The van der Waals surface area contributed by atoms with E-state index >= 15 is 0 Å². The van der Waals surface area contributed by atoms with Crippen LogP contribution in [-0.4, -0.2) is 13.7 Å². The summed E-state index contributed by atoms with van der Waals surface area (Å²) in [5.74, 6) is -0.484. The number of rotatable bonds is 4. The monoisotopic (exact) mass is 202 g/mol. The average molecular weight is 203 g/mol. The van der Waals surface area contributed by atoms with E-state index in [9.17, 15) is 12.9 Å². The van der Waals surface area contributed by atoms with Crippen LogP contribution in [0.15, 0.2) is 12.3 Å². The zero-order valence-corrected chi connectivity index (χ0v) is 7.45. The van der Waals surface area contributed by atoms with Gasteiger partial charge in [-0.2, -0.15) is 0 Å². The van der Waals surface area contributed by atoms with E-state index in [4.69, 9.17) is 10.7 Å². The maximum absolute atomic E-state index is 11.4. The Bertz CT molecular complexity index is 236. The molecule has 0 radical (unpaired) electrons. The molecule has 0 aromatic carbocycles. The zero-order chi connectivity index (χ0) is 9.07. The Morgan fingerprint density at radius 2 is 2.27 bits per heavy atom. The second-order valence-corrected chi connectivity index (χ2v) is 4.73. The first kappa shape index (κ1) is 10.7. The second kappa shape index (κ2) is 3.92. The van der Waals surface area contributed by atoms with Crippen molar-refractivity contribution in [2.75, 3.05) is 0 Å². The fourth-order valence-electron chi connectivity index (χ4n) is 0.633. The molecule has 0 saturated carbocycles. The van der Waals surface area contributed by atoms with Crippen LogP contribution in [-0.2, 0) is 14.0 Å². The zero-order valence-electron chi connectivity index (χ0n) is 5.88. The van der Waals surface area contributed by atoms with Crippen molar-refractivity contribution in [1.82, 2.24) is 0 Å². The summed E-state index contributed by atoms with van der Waals surface area (Å²) in [6.45, 7) is 4.59. The van der Waals surface area contributed by atoms with Gasteiger partial charge in [-0.25, -0.2) is 8.42 Å². The molecule has 0 amide bonds. The van der Waals surface area contributed by atoms with Crippen LogP contribution in [0.2, 0.25) is 0 Å². The lowest BCUT2D eigenvalue weighted by Gasteiger charge is -2.08. The molecule has 0 aliphatic carbocycles. The smallest absolute Gasteiger partial charge is 0.242 e. The van der Waals surface area contributed by atoms with Gasteiger partial charge in [-0.1, -0.05) is 13.5 Å². The van der Waals surface area contributed by atoms with Gasteiger partial charge < -0.3 is 0 Å². The van der Waals surface area contributed by atoms with Gasteiger partial charge in [-0.15, -0.1) is 0 Å². The van der Waals surface area contributed by atoms with Crippen LogP contribution in [0.4, 0.5) is 4.53 Å². The Hall–Kier alpha value is -0.290. The molecule has 1 unspecified atom stereocenters. The van der Waals surface area contributed by atoms with Crippen molar-refractivity contribution < 1.29 is 17.9 Å². The lowest BCUT2D eigenvalue weighted by atomic mass is 10.3. The molecule has 66 valence electrons. The third-order valence-corrected chi connectivity index (χ3v) is 3.09. The minimum absolute atomic E-state index is 0.134. The SMILES string of the molecule is C=C(OF)C(CC)S(=O)(=O)Cl. The fraction of sp³-hybridized carbons (Fsp3) is 0.600. The highest BCUT2D eigenvalue weighted by atomic mass is 35.7. The molecular formula is C5H8ClFO3S. The van der Waals surface area contributed by atoms with Gasteiger partial charge in [0.05, 0.1) is 0 Å². The van der Waals surface area contributed by atoms with E-state index in [1.807, 2.05) is 0 Å². The van der Waals surface area contributed by atoms with Crippen LogP contribution >= 0.6 is 10.7 Å². The first-order valence-electron chi connectivity index (χ1n) is 2.84. The van der Waals surface area contributed by atoms with Crippen molar-refractivity contribution >= 4 is 19.7 Å². The predicted octanol–water partition coefficient (Wildman–Crippen LogP) is 1.75. The third kappa shape index (κ3) is 3.07. The third-order valence-electron chi connectivity index (χ3n) is 1.17. The number of halogens is 2. The Kier molecular flexibility index (Phi) is 3.82. The van der Waals surface area contributed by atoms with E-state index in [1.54, 1.807) is 0 Å². The highest BCUT2D eigenvalue weighted by molar-refractivity contribution is 8.14. The van der Waals surface area contributed by atoms with Crippen molar-refractivity contribution in [2.45, 2.75) is 18.6 Å². The lowest BCUT2D eigenvalue weighted by Crippen LogP contribution is -2.17. The summed E-state index contributed by atoms with van der Waals surface area (Å²) in [5.41, 5.74) is 0. The maximum atomic E-state index is 11.4. The van der Waals surface area contributed by atoms with Crippen LogP contribution < -0.4 is 0 Å². The molecule has 0 rings (SSSR count). The number of hydrogen-bond acceptors (Lipinski definition) is 3. The largest absolute Gasteiger partial charge is 0.298 e. The summed E-state index contributed by atoms with van der Waals surface area (Å²) in [6.07, 6.45) is 0.134. The van der Waals surface area contributed by atoms with Gasteiger partial charge in [0.2, 0.25) is 9.05 Å². The molecule has 6 heteroatoms. The molecule has 0 aliphatic heterocycles. The Labute approximate surface area is 69.1 Å². The number of hydrogen-bond donors (Lipinski definition) is 0. The molecule has 0 spiro atoms. The van der Waals surface area contributed by atoms with Crippen LogP contribution in [0, 0.1) is 0 Å². The summed E-state index contributed by atoms with van der Waals surface area (Å²) in [4.78, 5) is 3.17. The quantitative estimate of drug-likeness (QED) is 0.515. The highest BCUT2D eigenvalue weighted by Crippen LogP contribution is 2.19. The molecule has 0 saturated heterocycles. The van der Waals surface area contributed by atoms with Crippen molar-refractivity contribution in [3.05, 3.63) is 12.3 Å². The van der Waals surface area contributed by atoms with E-state index in [2.05, 4.69) is 11.5 Å². The molecule has 0 heterocycles. The Morgan fingerprint density at radius 1 is 1.82 bits per heavy atom. The average Bonchev–Trinajstić information content (AvgIpc) is 1.86. The molecule has 11 heavy (non-hydrogen) atoms. The van der Waals surface area contributed by atoms with E-state index in [0.717, 1.165) is 0 Å². The molecule has 1 atom stereocenters. The van der Waals surface area contributed by atoms with Gasteiger partial charge >= 0.3 is 0 Å². The van der Waals surface area contributed by atoms with E-state index < -0.39 is 20.1 Å². The normalized spacial score (nSPS) is 14.1. The summed E-state index contributed by atoms with van der Waals surface area (Å²) in [6, 6.07) is 0. The predicted molar refractivity (Wildman–Crippen MR) is 40.2 cm³/mol. The second-order valence-electron chi connectivity index (χ2n) is 1.92. The first-order chi connectivity index (χ1) is 4.93. The minimum Gasteiger partial charge on any atom is -0.298 e. The molecule has 0 aromatic rings. The van der Waals surface area contributed by atoms with E-state index in [1.165, 1.54) is 6.92 Å². The van der Waals surface area contributed by atoms with Crippen LogP contribution in [0.1, 0.15) is 13.3 Å². The molecule has 0 fully saturated rings. The standard InChI is InChI=1S/C5H8ClFO3S/c1-3-5(4(2)10-7)11(6,8)9/h5H,2-3H2,1H3. The van der Waals surface area contributed by atoms with E-state index in [0.29, 0.717) is 0 Å². The Balaban J connectivity index is 4.56. The van der Waals surface area contributed by atoms with Crippen molar-refractivity contribution in [2.24, 2.45) is 0 Å². The molecule has 0 bridgehead atoms. The molecule has 0 N–H and O–H groups in total. The van der Waals surface area contributed by atoms with Crippen LogP contribution in [0.3, 0.4) is 0 Å². The Morgan fingerprint density at radius 3 is 2.36 bits per heavy atom. The van der Waals surface area contributed by atoms with Crippen molar-refractivity contribution in [1.29, 1.82) is 0 Å². The van der Waals surface area contributed by atoms with Gasteiger partial charge in [0.1, 0.15) is 5.25 Å². The first-order valence-corrected chi connectivity index (χ1v) is 5.21. The van der Waals surface area contributed by atoms with Gasteiger partial charge in [0.25, 0.3) is 0 Å². The van der Waals surface area contributed by atoms with Crippen molar-refractivity contribution in [3.8, 4) is 0 Å². The van der Waals surface area contributed by atoms with Gasteiger partial charge in [-0.3, -0.25) is 4.94 Å². The molecule has 3 nitrogen and oxygen atoms in total. The van der Waals surface area contributed by atoms with Crippen LogP contribution in [0.25, 0.3) is 0 Å². The summed E-state index contributed by atoms with van der Waals surface area (Å²) in [5, 5.41) is -1.17. The summed E-state index contributed by atoms with van der Waals surface area (Å²) in [7, 11) is 1.12. The molecule has 0 aliphatic rings. The summed E-state index contributed by atoms with van der Waals surface area (Å²) < 4.78 is 32.7. The van der Waals surface area contributed by atoms with Gasteiger partial charge in [-0.05, 0) is 6.42 Å².